The van der Waals surface area contributed by atoms with Gasteiger partial charge in [0.2, 0.25) is 0 Å². The zero-order chi connectivity index (χ0) is 24.6. The van der Waals surface area contributed by atoms with Gasteiger partial charge in [-0.05, 0) is 99.2 Å². The first kappa shape index (κ1) is 27.2. The van der Waals surface area contributed by atoms with Crippen molar-refractivity contribution in [3.63, 3.8) is 0 Å². The second-order valence-electron chi connectivity index (χ2n) is 10.7. The SMILES string of the molecule is CCC=CCCCCC1CCC(C2CCC(CCc3cc(F)c(C(F)(F)F)c(F)c3)CC2)CC1. The van der Waals surface area contributed by atoms with Crippen molar-refractivity contribution in [3.8, 4) is 0 Å². The molecule has 0 nitrogen and oxygen atoms in total. The van der Waals surface area contributed by atoms with E-state index in [1.807, 2.05) is 0 Å². The lowest BCUT2D eigenvalue weighted by Gasteiger charge is -2.38. The third-order valence-corrected chi connectivity index (χ3v) is 8.31. The maximum atomic E-state index is 13.8. The number of halogens is 5. The first-order valence-corrected chi connectivity index (χ1v) is 13.5. The lowest BCUT2D eigenvalue weighted by Crippen LogP contribution is -2.26. The van der Waals surface area contributed by atoms with Crippen molar-refractivity contribution < 1.29 is 22.0 Å². The highest BCUT2D eigenvalue weighted by Crippen LogP contribution is 2.43. The van der Waals surface area contributed by atoms with E-state index in [1.54, 1.807) is 0 Å². The van der Waals surface area contributed by atoms with Crippen molar-refractivity contribution in [1.29, 1.82) is 0 Å². The van der Waals surface area contributed by atoms with E-state index in [0.717, 1.165) is 55.6 Å². The average Bonchev–Trinajstić information content (AvgIpc) is 2.79. The Labute approximate surface area is 202 Å². The summed E-state index contributed by atoms with van der Waals surface area (Å²) in [7, 11) is 0. The molecule has 0 bridgehead atoms. The molecule has 5 heteroatoms. The molecule has 0 radical (unpaired) electrons. The van der Waals surface area contributed by atoms with Crippen LogP contribution in [-0.2, 0) is 12.6 Å². The Morgan fingerprint density at radius 1 is 0.765 bits per heavy atom. The maximum absolute atomic E-state index is 13.8. The monoisotopic (exact) mass is 484 g/mol. The molecule has 3 rings (SSSR count). The third-order valence-electron chi connectivity index (χ3n) is 8.31. The molecule has 2 aliphatic carbocycles. The standard InChI is InChI=1S/C29H41F5/c1-2-3-4-5-6-7-8-21-11-15-24(16-12-21)25-17-13-22(14-18-25)9-10-23-19-26(30)28(27(31)20-23)29(32,33)34/h3-4,19-22,24-25H,2,5-18H2,1H3. The first-order chi connectivity index (χ1) is 16.3. The Kier molecular flexibility index (Phi) is 10.5. The van der Waals surface area contributed by atoms with Gasteiger partial charge in [-0.15, -0.1) is 0 Å². The van der Waals surface area contributed by atoms with Crippen LogP contribution in [0.4, 0.5) is 22.0 Å². The number of allylic oxidation sites excluding steroid dienone is 2. The van der Waals surface area contributed by atoms with Gasteiger partial charge in [-0.2, -0.15) is 13.2 Å². The molecule has 0 atom stereocenters. The van der Waals surface area contributed by atoms with E-state index < -0.39 is 23.4 Å². The van der Waals surface area contributed by atoms with E-state index in [1.165, 1.54) is 64.2 Å². The van der Waals surface area contributed by atoms with E-state index in [4.69, 9.17) is 0 Å². The van der Waals surface area contributed by atoms with Crippen LogP contribution in [-0.4, -0.2) is 0 Å². The van der Waals surface area contributed by atoms with Gasteiger partial charge in [-0.25, -0.2) is 8.78 Å². The van der Waals surface area contributed by atoms with Crippen LogP contribution in [0.25, 0.3) is 0 Å². The zero-order valence-electron chi connectivity index (χ0n) is 20.6. The summed E-state index contributed by atoms with van der Waals surface area (Å²) in [6, 6.07) is 1.72. The van der Waals surface area contributed by atoms with Gasteiger partial charge in [0.05, 0.1) is 0 Å². The van der Waals surface area contributed by atoms with E-state index in [9.17, 15) is 22.0 Å². The van der Waals surface area contributed by atoms with Gasteiger partial charge in [-0.3, -0.25) is 0 Å². The maximum Gasteiger partial charge on any atom is 0.422 e. The number of alkyl halides is 3. The largest absolute Gasteiger partial charge is 0.422 e. The summed E-state index contributed by atoms with van der Waals surface area (Å²) in [4.78, 5) is 0. The Morgan fingerprint density at radius 2 is 1.29 bits per heavy atom. The van der Waals surface area contributed by atoms with Gasteiger partial charge in [0.15, 0.2) is 0 Å². The molecule has 0 aromatic heterocycles. The van der Waals surface area contributed by atoms with Gasteiger partial charge in [0.25, 0.3) is 0 Å². The predicted molar refractivity (Wildman–Crippen MR) is 128 cm³/mol. The molecule has 0 aliphatic heterocycles. The second kappa shape index (κ2) is 13.1. The number of benzene rings is 1. The number of aryl methyl sites for hydroxylation is 1. The summed E-state index contributed by atoms with van der Waals surface area (Å²) in [6.07, 6.45) is 17.3. The van der Waals surface area contributed by atoms with Crippen LogP contribution in [0.3, 0.4) is 0 Å². The summed E-state index contributed by atoms with van der Waals surface area (Å²) in [5.74, 6) is 0.0560. The lowest BCUT2D eigenvalue weighted by atomic mass is 9.68. The molecule has 2 aliphatic rings. The van der Waals surface area contributed by atoms with Crippen molar-refractivity contribution in [2.24, 2.45) is 23.7 Å². The van der Waals surface area contributed by atoms with Gasteiger partial charge in [0, 0.05) is 0 Å². The second-order valence-corrected chi connectivity index (χ2v) is 10.7. The molecule has 2 fully saturated rings. The topological polar surface area (TPSA) is 0 Å². The van der Waals surface area contributed by atoms with E-state index in [-0.39, 0.29) is 0 Å². The van der Waals surface area contributed by atoms with E-state index >= 15 is 0 Å². The fraction of sp³-hybridized carbons (Fsp3) is 0.724. The minimum absolute atomic E-state index is 0.324. The van der Waals surface area contributed by atoms with Crippen LogP contribution in [0.2, 0.25) is 0 Å². The highest BCUT2D eigenvalue weighted by Gasteiger charge is 2.38. The fourth-order valence-corrected chi connectivity index (χ4v) is 6.29. The molecular formula is C29H41F5. The van der Waals surface area contributed by atoms with Gasteiger partial charge < -0.3 is 0 Å². The Bertz CT molecular complexity index is 742. The normalized spacial score (nSPS) is 26.3. The highest BCUT2D eigenvalue weighted by molar-refractivity contribution is 5.28. The van der Waals surface area contributed by atoms with E-state index in [2.05, 4.69) is 19.1 Å². The third kappa shape index (κ3) is 8.09. The van der Waals surface area contributed by atoms with Crippen molar-refractivity contribution in [3.05, 3.63) is 47.0 Å². The first-order valence-electron chi connectivity index (χ1n) is 13.5. The Morgan fingerprint density at radius 3 is 1.79 bits per heavy atom. The molecule has 2 saturated carbocycles. The van der Waals surface area contributed by atoms with Crippen LogP contribution in [0.15, 0.2) is 24.3 Å². The van der Waals surface area contributed by atoms with Crippen LogP contribution in [0.1, 0.15) is 108 Å². The smallest absolute Gasteiger partial charge is 0.206 e. The molecule has 0 N–H and O–H groups in total. The summed E-state index contributed by atoms with van der Waals surface area (Å²) < 4.78 is 65.9. The average molecular weight is 485 g/mol. The number of rotatable bonds is 10. The van der Waals surface area contributed by atoms with Gasteiger partial charge in [0.1, 0.15) is 17.2 Å². The number of hydrogen-bond donors (Lipinski definition) is 0. The van der Waals surface area contributed by atoms with Crippen molar-refractivity contribution in [1.82, 2.24) is 0 Å². The molecule has 0 amide bonds. The molecule has 0 unspecified atom stereocenters. The number of hydrogen-bond acceptors (Lipinski definition) is 0. The summed E-state index contributed by atoms with van der Waals surface area (Å²) in [6.45, 7) is 2.18. The minimum atomic E-state index is -5.00. The minimum Gasteiger partial charge on any atom is -0.206 e. The quantitative estimate of drug-likeness (QED) is 0.176. The molecule has 0 heterocycles. The van der Waals surface area contributed by atoms with Crippen molar-refractivity contribution >= 4 is 0 Å². The molecular weight excluding hydrogens is 443 g/mol. The number of unbranched alkanes of at least 4 members (excludes halogenated alkanes) is 2. The fourth-order valence-electron chi connectivity index (χ4n) is 6.29. The molecule has 192 valence electrons. The molecule has 1 aromatic rings. The molecule has 1 aromatic carbocycles. The molecule has 34 heavy (non-hydrogen) atoms. The van der Waals surface area contributed by atoms with Gasteiger partial charge >= 0.3 is 6.18 Å². The van der Waals surface area contributed by atoms with Crippen LogP contribution >= 0.6 is 0 Å². The predicted octanol–water partition coefficient (Wildman–Crippen LogP) is 10.1. The summed E-state index contributed by atoms with van der Waals surface area (Å²) >= 11 is 0. The summed E-state index contributed by atoms with van der Waals surface area (Å²) in [5.41, 5.74) is -1.46. The Balaban J connectivity index is 1.34. The molecule has 0 saturated heterocycles. The molecule has 0 spiro atoms. The lowest BCUT2D eigenvalue weighted by molar-refractivity contribution is -0.142. The van der Waals surface area contributed by atoms with Crippen LogP contribution < -0.4 is 0 Å². The van der Waals surface area contributed by atoms with Gasteiger partial charge in [-0.1, -0.05) is 57.6 Å². The summed E-state index contributed by atoms with van der Waals surface area (Å²) in [5, 5.41) is 0. The zero-order valence-corrected chi connectivity index (χ0v) is 20.6. The Hall–Kier alpha value is -1.39. The van der Waals surface area contributed by atoms with Crippen molar-refractivity contribution in [2.75, 3.05) is 0 Å². The van der Waals surface area contributed by atoms with E-state index in [0.29, 0.717) is 17.9 Å². The van der Waals surface area contributed by atoms with Crippen molar-refractivity contribution in [2.45, 2.75) is 109 Å². The van der Waals surface area contributed by atoms with Crippen LogP contribution in [0.5, 0.6) is 0 Å². The highest BCUT2D eigenvalue weighted by atomic mass is 19.4. The van der Waals surface area contributed by atoms with Crippen LogP contribution in [0, 0.1) is 35.3 Å².